The van der Waals surface area contributed by atoms with Crippen LogP contribution >= 0.6 is 0 Å². The third-order valence-electron chi connectivity index (χ3n) is 3.51. The minimum atomic E-state index is -4.54. The highest BCUT2D eigenvalue weighted by Gasteiger charge is 2.26. The molecule has 9 nitrogen and oxygen atoms in total. The first-order valence-corrected chi connectivity index (χ1v) is 9.07. The van der Waals surface area contributed by atoms with E-state index in [2.05, 4.69) is 9.47 Å². The molecule has 11 heteroatoms. The van der Waals surface area contributed by atoms with Gasteiger partial charge >= 0.3 is 11.9 Å². The van der Waals surface area contributed by atoms with Crippen molar-refractivity contribution in [3.8, 4) is 0 Å². The zero-order valence-electron chi connectivity index (χ0n) is 14.7. The molecule has 0 atom stereocenters. The molecule has 148 valence electrons. The second-order valence-electron chi connectivity index (χ2n) is 5.23. The number of halogens is 1. The summed E-state index contributed by atoms with van der Waals surface area (Å²) in [7, 11) is -2.40. The summed E-state index contributed by atoms with van der Waals surface area (Å²) in [5.41, 5.74) is 0.896. The van der Waals surface area contributed by atoms with E-state index in [1.165, 1.54) is 18.2 Å². The molecule has 0 spiro atoms. The predicted octanol–water partition coefficient (Wildman–Crippen LogP) is 1.02. The molecular weight excluding hydrogens is 395 g/mol. The van der Waals surface area contributed by atoms with E-state index in [9.17, 15) is 27.2 Å². The largest absolute Gasteiger partial charge is 0.465 e. The van der Waals surface area contributed by atoms with Crippen LogP contribution in [-0.2, 0) is 19.5 Å². The molecule has 28 heavy (non-hydrogen) atoms. The Balaban J connectivity index is 2.37. The van der Waals surface area contributed by atoms with Crippen LogP contribution in [0.4, 0.5) is 4.39 Å². The summed E-state index contributed by atoms with van der Waals surface area (Å²) in [5, 5.41) is 0. The molecule has 0 bridgehead atoms. The summed E-state index contributed by atoms with van der Waals surface area (Å²) >= 11 is 0. The molecule has 0 unspecified atom stereocenters. The minimum Gasteiger partial charge on any atom is -0.465 e. The number of carbonyl (C=O) groups is 3. The van der Waals surface area contributed by atoms with Gasteiger partial charge in [0.15, 0.2) is 0 Å². The van der Waals surface area contributed by atoms with Gasteiger partial charge in [-0.1, -0.05) is 12.1 Å². The molecule has 2 N–H and O–H groups in total. The van der Waals surface area contributed by atoms with Gasteiger partial charge in [0.05, 0.1) is 35.8 Å². The van der Waals surface area contributed by atoms with E-state index < -0.39 is 44.1 Å². The number of rotatable bonds is 6. The summed E-state index contributed by atoms with van der Waals surface area (Å²) in [6.07, 6.45) is 0. The monoisotopic (exact) mass is 410 g/mol. The van der Waals surface area contributed by atoms with Gasteiger partial charge in [-0.2, -0.15) is 0 Å². The van der Waals surface area contributed by atoms with Crippen molar-refractivity contribution in [2.75, 3.05) is 14.2 Å². The predicted molar refractivity (Wildman–Crippen MR) is 93.3 cm³/mol. The fourth-order valence-electron chi connectivity index (χ4n) is 2.15. The van der Waals surface area contributed by atoms with Gasteiger partial charge in [0, 0.05) is 0 Å². The van der Waals surface area contributed by atoms with Crippen molar-refractivity contribution >= 4 is 27.9 Å². The molecule has 0 fully saturated rings. The number of esters is 2. The lowest BCUT2D eigenvalue weighted by molar-refractivity contribution is 0.0583. The molecular formula is C17H15FN2O7S. The van der Waals surface area contributed by atoms with Crippen molar-refractivity contribution < 1.29 is 36.7 Å². The number of ether oxygens (including phenoxy) is 2. The van der Waals surface area contributed by atoms with E-state index in [1.54, 1.807) is 4.83 Å². The number of hydrazine groups is 1. The third-order valence-corrected chi connectivity index (χ3v) is 4.80. The van der Waals surface area contributed by atoms with E-state index >= 15 is 0 Å². The standard InChI is InChI=1S/C17H15FN2O7S/c1-26-16(22)10-7-8-12(17(23)27-2)14(9-10)28(24,25)20-19-15(21)11-5-3-4-6-13(11)18/h3-9,20H,1-2H3,(H,19,21). The van der Waals surface area contributed by atoms with Gasteiger partial charge in [-0.25, -0.2) is 22.4 Å². The molecule has 0 saturated carbocycles. The van der Waals surface area contributed by atoms with Gasteiger partial charge in [0.25, 0.3) is 15.9 Å². The molecule has 0 aliphatic rings. The van der Waals surface area contributed by atoms with E-state index in [0.29, 0.717) is 0 Å². The first kappa shape index (κ1) is 21.0. The first-order chi connectivity index (χ1) is 13.2. The van der Waals surface area contributed by atoms with Gasteiger partial charge in [-0.05, 0) is 30.3 Å². The second-order valence-corrected chi connectivity index (χ2v) is 6.88. The van der Waals surface area contributed by atoms with E-state index in [1.807, 2.05) is 5.43 Å². The first-order valence-electron chi connectivity index (χ1n) is 7.58. The number of hydrogen-bond donors (Lipinski definition) is 2. The number of amides is 1. The Labute approximate surface area is 159 Å². The average molecular weight is 410 g/mol. The Morgan fingerprint density at radius 1 is 0.929 bits per heavy atom. The van der Waals surface area contributed by atoms with E-state index in [0.717, 1.165) is 38.5 Å². The van der Waals surface area contributed by atoms with Gasteiger partial charge in [-0.15, -0.1) is 4.83 Å². The maximum atomic E-state index is 13.6. The molecule has 0 heterocycles. The highest BCUT2D eigenvalue weighted by atomic mass is 32.2. The Morgan fingerprint density at radius 2 is 1.57 bits per heavy atom. The van der Waals surface area contributed by atoms with Crippen LogP contribution in [-0.4, -0.2) is 40.5 Å². The molecule has 2 aromatic carbocycles. The molecule has 1 amide bonds. The van der Waals surface area contributed by atoms with Crippen LogP contribution in [0, 0.1) is 5.82 Å². The number of hydrogen-bond acceptors (Lipinski definition) is 7. The Hall–Kier alpha value is -3.31. The van der Waals surface area contributed by atoms with Gasteiger partial charge in [0.2, 0.25) is 0 Å². The SMILES string of the molecule is COC(=O)c1ccc(C(=O)OC)c(S(=O)(=O)NNC(=O)c2ccccc2F)c1. The number of sulfonamides is 1. The lowest BCUT2D eigenvalue weighted by Crippen LogP contribution is -2.42. The topological polar surface area (TPSA) is 128 Å². The minimum absolute atomic E-state index is 0.157. The van der Waals surface area contributed by atoms with Crippen LogP contribution < -0.4 is 10.3 Å². The Bertz CT molecular complexity index is 1040. The Morgan fingerprint density at radius 3 is 2.18 bits per heavy atom. The van der Waals surface area contributed by atoms with Crippen LogP contribution in [0.1, 0.15) is 31.1 Å². The van der Waals surface area contributed by atoms with Crippen LogP contribution in [0.5, 0.6) is 0 Å². The highest BCUT2D eigenvalue weighted by Crippen LogP contribution is 2.19. The van der Waals surface area contributed by atoms with Crippen LogP contribution in [0.2, 0.25) is 0 Å². The van der Waals surface area contributed by atoms with Gasteiger partial charge < -0.3 is 9.47 Å². The normalized spacial score (nSPS) is 10.8. The molecule has 0 radical (unpaired) electrons. The smallest absolute Gasteiger partial charge is 0.339 e. The maximum Gasteiger partial charge on any atom is 0.339 e. The van der Waals surface area contributed by atoms with Crippen LogP contribution in [0.3, 0.4) is 0 Å². The maximum absolute atomic E-state index is 13.6. The average Bonchev–Trinajstić information content (AvgIpc) is 2.70. The zero-order valence-corrected chi connectivity index (χ0v) is 15.5. The van der Waals surface area contributed by atoms with Crippen molar-refractivity contribution in [3.63, 3.8) is 0 Å². The van der Waals surface area contributed by atoms with Gasteiger partial charge in [0.1, 0.15) is 5.82 Å². The quantitative estimate of drug-likeness (QED) is 0.538. The lowest BCUT2D eigenvalue weighted by Gasteiger charge is -2.12. The van der Waals surface area contributed by atoms with Crippen molar-refractivity contribution in [1.82, 2.24) is 10.3 Å². The molecule has 2 rings (SSSR count). The van der Waals surface area contributed by atoms with Crippen molar-refractivity contribution in [1.29, 1.82) is 0 Å². The Kier molecular flexibility index (Phi) is 6.44. The third kappa shape index (κ3) is 4.50. The molecule has 0 aromatic heterocycles. The fraction of sp³-hybridized carbons (Fsp3) is 0.118. The lowest BCUT2D eigenvalue weighted by atomic mass is 10.1. The second kappa shape index (κ2) is 8.59. The summed E-state index contributed by atoms with van der Waals surface area (Å²) in [5.74, 6) is -3.76. The number of nitrogens with one attached hydrogen (secondary N) is 2. The fourth-order valence-corrected chi connectivity index (χ4v) is 3.21. The molecule has 0 aliphatic carbocycles. The van der Waals surface area contributed by atoms with Crippen LogP contribution in [0.25, 0.3) is 0 Å². The van der Waals surface area contributed by atoms with E-state index in [4.69, 9.17) is 0 Å². The highest BCUT2D eigenvalue weighted by molar-refractivity contribution is 7.89. The van der Waals surface area contributed by atoms with E-state index in [-0.39, 0.29) is 11.1 Å². The molecule has 0 saturated heterocycles. The summed E-state index contributed by atoms with van der Waals surface area (Å²) in [4.78, 5) is 36.6. The number of carbonyl (C=O) groups excluding carboxylic acids is 3. The van der Waals surface area contributed by atoms with Crippen molar-refractivity contribution in [2.45, 2.75) is 4.90 Å². The van der Waals surface area contributed by atoms with Crippen molar-refractivity contribution in [2.24, 2.45) is 0 Å². The zero-order chi connectivity index (χ0) is 20.9. The van der Waals surface area contributed by atoms with Gasteiger partial charge in [-0.3, -0.25) is 10.2 Å². The summed E-state index contributed by atoms with van der Waals surface area (Å²) < 4.78 is 47.8. The molecule has 0 aliphatic heterocycles. The molecule has 2 aromatic rings. The van der Waals surface area contributed by atoms with Crippen LogP contribution in [0.15, 0.2) is 47.4 Å². The summed E-state index contributed by atoms with van der Waals surface area (Å²) in [6, 6.07) is 8.05. The number of methoxy groups -OCH3 is 2. The van der Waals surface area contributed by atoms with Crippen molar-refractivity contribution in [3.05, 3.63) is 65.0 Å². The summed E-state index contributed by atoms with van der Waals surface area (Å²) in [6.45, 7) is 0. The number of benzene rings is 2.